The Morgan fingerprint density at radius 3 is 2.03 bits per heavy atom. The minimum atomic E-state index is -6.02. The van der Waals surface area contributed by atoms with E-state index in [1.165, 1.54) is 12.1 Å². The van der Waals surface area contributed by atoms with Gasteiger partial charge in [-0.25, -0.2) is 0 Å². The Hall–Kier alpha value is -1.55. The second kappa shape index (κ2) is 9.51. The van der Waals surface area contributed by atoms with E-state index in [1.54, 1.807) is 30.3 Å². The lowest BCUT2D eigenvalue weighted by Crippen LogP contribution is -2.59. The molecule has 0 saturated heterocycles. The minimum Gasteiger partial charge on any atom is -0.396 e. The Labute approximate surface area is 173 Å². The van der Waals surface area contributed by atoms with Gasteiger partial charge in [0.1, 0.15) is 0 Å². The van der Waals surface area contributed by atoms with Gasteiger partial charge in [-0.15, -0.1) is 0 Å². The standard InChI is InChI=1S/C20H20BrF5O3/c21-17-8-6-15(7-9-17)18(28,19(22,23)20(24,25)26)16(12-27)10-11-29-13-14-4-2-1-3-5-14/h1-9,16,27-28H,10-13H2/t16-,18-/m1/s1. The zero-order chi connectivity index (χ0) is 21.7. The van der Waals surface area contributed by atoms with Gasteiger partial charge in [0.15, 0.2) is 5.60 Å². The molecule has 0 aliphatic rings. The van der Waals surface area contributed by atoms with E-state index in [-0.39, 0.29) is 13.2 Å². The summed E-state index contributed by atoms with van der Waals surface area (Å²) in [5, 5.41) is 20.3. The summed E-state index contributed by atoms with van der Waals surface area (Å²) in [6, 6.07) is 13.3. The molecule has 0 spiro atoms. The van der Waals surface area contributed by atoms with E-state index in [1.807, 2.05) is 0 Å². The number of ether oxygens (including phenoxy) is 1. The van der Waals surface area contributed by atoms with Crippen molar-refractivity contribution in [3.63, 3.8) is 0 Å². The summed E-state index contributed by atoms with van der Waals surface area (Å²) in [5.74, 6) is -7.32. The van der Waals surface area contributed by atoms with Gasteiger partial charge in [-0.05, 0) is 29.7 Å². The molecule has 2 atom stereocenters. The van der Waals surface area contributed by atoms with Crippen molar-refractivity contribution < 1.29 is 36.9 Å². The van der Waals surface area contributed by atoms with Gasteiger partial charge in [-0.2, -0.15) is 22.0 Å². The summed E-state index contributed by atoms with van der Waals surface area (Å²) in [6.45, 7) is -1.20. The van der Waals surface area contributed by atoms with Crippen molar-refractivity contribution in [3.8, 4) is 0 Å². The predicted octanol–water partition coefficient (Wildman–Crippen LogP) is 5.05. The van der Waals surface area contributed by atoms with E-state index in [0.717, 1.165) is 17.7 Å². The summed E-state index contributed by atoms with van der Waals surface area (Å²) in [6.07, 6.45) is -6.44. The quantitative estimate of drug-likeness (QED) is 0.388. The lowest BCUT2D eigenvalue weighted by atomic mass is 9.75. The van der Waals surface area contributed by atoms with Gasteiger partial charge < -0.3 is 14.9 Å². The van der Waals surface area contributed by atoms with Crippen molar-refractivity contribution in [2.45, 2.75) is 30.7 Å². The highest BCUT2D eigenvalue weighted by Crippen LogP contribution is 2.52. The molecule has 0 unspecified atom stereocenters. The maximum absolute atomic E-state index is 14.4. The lowest BCUT2D eigenvalue weighted by molar-refractivity contribution is -0.359. The topological polar surface area (TPSA) is 49.7 Å². The summed E-state index contributed by atoms with van der Waals surface area (Å²) in [5.41, 5.74) is -3.53. The van der Waals surface area contributed by atoms with E-state index < -0.39 is 42.2 Å². The molecule has 0 heterocycles. The van der Waals surface area contributed by atoms with Crippen LogP contribution in [0.2, 0.25) is 0 Å². The van der Waals surface area contributed by atoms with Gasteiger partial charge in [-0.1, -0.05) is 58.4 Å². The maximum Gasteiger partial charge on any atom is 0.456 e. The number of hydrogen-bond donors (Lipinski definition) is 2. The van der Waals surface area contributed by atoms with Gasteiger partial charge in [0.2, 0.25) is 0 Å². The van der Waals surface area contributed by atoms with Gasteiger partial charge in [0.25, 0.3) is 0 Å². The normalized spacial score (nSPS) is 15.7. The number of aliphatic hydroxyl groups is 2. The van der Waals surface area contributed by atoms with Crippen LogP contribution in [0, 0.1) is 5.92 Å². The molecule has 0 bridgehead atoms. The molecule has 2 rings (SSSR count). The smallest absolute Gasteiger partial charge is 0.396 e. The third-order valence-electron chi connectivity index (χ3n) is 4.65. The SMILES string of the molecule is OC[C@@H](CCOCc1ccccc1)[C@](O)(c1ccc(Br)cc1)C(F)(F)C(F)(F)F. The molecule has 2 N–H and O–H groups in total. The molecule has 9 heteroatoms. The summed E-state index contributed by atoms with van der Waals surface area (Å²) in [7, 11) is 0. The molecule has 0 aliphatic heterocycles. The van der Waals surface area contributed by atoms with Crippen LogP contribution >= 0.6 is 15.9 Å². The van der Waals surface area contributed by atoms with E-state index in [4.69, 9.17) is 4.74 Å². The number of benzene rings is 2. The first kappa shape index (κ1) is 23.7. The van der Waals surface area contributed by atoms with Crippen LogP contribution in [0.4, 0.5) is 22.0 Å². The van der Waals surface area contributed by atoms with Crippen LogP contribution in [-0.2, 0) is 16.9 Å². The Kier molecular flexibility index (Phi) is 7.78. The van der Waals surface area contributed by atoms with Crippen LogP contribution in [0.25, 0.3) is 0 Å². The Bertz CT molecular complexity index is 768. The molecule has 0 fully saturated rings. The number of halogens is 6. The van der Waals surface area contributed by atoms with Crippen LogP contribution in [0.3, 0.4) is 0 Å². The fourth-order valence-corrected chi connectivity index (χ4v) is 3.28. The average Bonchev–Trinajstić information content (AvgIpc) is 2.68. The number of hydrogen-bond acceptors (Lipinski definition) is 3. The third kappa shape index (κ3) is 5.14. The molecule has 29 heavy (non-hydrogen) atoms. The van der Waals surface area contributed by atoms with Crippen molar-refractivity contribution in [2.75, 3.05) is 13.2 Å². The number of aliphatic hydroxyl groups excluding tert-OH is 1. The van der Waals surface area contributed by atoms with Crippen LogP contribution in [0.1, 0.15) is 17.5 Å². The zero-order valence-corrected chi connectivity index (χ0v) is 16.8. The lowest BCUT2D eigenvalue weighted by Gasteiger charge is -2.42. The van der Waals surface area contributed by atoms with Crippen LogP contribution in [-0.4, -0.2) is 35.5 Å². The first-order valence-corrected chi connectivity index (χ1v) is 9.48. The molecule has 160 valence electrons. The first-order valence-electron chi connectivity index (χ1n) is 8.69. The molecular weight excluding hydrogens is 463 g/mol. The largest absolute Gasteiger partial charge is 0.456 e. The van der Waals surface area contributed by atoms with Crippen molar-refractivity contribution in [3.05, 3.63) is 70.2 Å². The molecule has 0 aromatic heterocycles. The second-order valence-electron chi connectivity index (χ2n) is 6.55. The van der Waals surface area contributed by atoms with Crippen molar-refractivity contribution >= 4 is 15.9 Å². The van der Waals surface area contributed by atoms with E-state index in [9.17, 15) is 32.2 Å². The highest BCUT2D eigenvalue weighted by molar-refractivity contribution is 9.10. The Balaban J connectivity index is 2.26. The fourth-order valence-electron chi connectivity index (χ4n) is 3.02. The number of alkyl halides is 5. The summed E-state index contributed by atoms with van der Waals surface area (Å²) in [4.78, 5) is 0. The van der Waals surface area contributed by atoms with Gasteiger partial charge in [-0.3, -0.25) is 0 Å². The molecule has 0 amide bonds. The molecule has 2 aromatic rings. The maximum atomic E-state index is 14.4. The van der Waals surface area contributed by atoms with Gasteiger partial charge >= 0.3 is 12.1 Å². The van der Waals surface area contributed by atoms with Crippen LogP contribution < -0.4 is 0 Å². The van der Waals surface area contributed by atoms with Crippen molar-refractivity contribution in [1.29, 1.82) is 0 Å². The van der Waals surface area contributed by atoms with Crippen LogP contribution in [0.15, 0.2) is 59.1 Å². The summed E-state index contributed by atoms with van der Waals surface area (Å²) >= 11 is 3.07. The molecule has 2 aromatic carbocycles. The number of rotatable bonds is 9. The molecule has 0 saturated carbocycles. The predicted molar refractivity (Wildman–Crippen MR) is 100 cm³/mol. The van der Waals surface area contributed by atoms with E-state index >= 15 is 0 Å². The zero-order valence-electron chi connectivity index (χ0n) is 15.2. The van der Waals surface area contributed by atoms with Crippen molar-refractivity contribution in [1.82, 2.24) is 0 Å². The van der Waals surface area contributed by atoms with Crippen molar-refractivity contribution in [2.24, 2.45) is 5.92 Å². The summed E-state index contributed by atoms with van der Waals surface area (Å²) < 4.78 is 74.2. The van der Waals surface area contributed by atoms with E-state index in [0.29, 0.717) is 4.47 Å². The molecule has 0 aliphatic carbocycles. The fraction of sp³-hybridized carbons (Fsp3) is 0.400. The first-order chi connectivity index (χ1) is 13.5. The second-order valence-corrected chi connectivity index (χ2v) is 7.47. The molecule has 0 radical (unpaired) electrons. The highest BCUT2D eigenvalue weighted by Gasteiger charge is 2.72. The third-order valence-corrected chi connectivity index (χ3v) is 5.18. The molecular formula is C20H20BrF5O3. The molecule has 3 nitrogen and oxygen atoms in total. The Morgan fingerprint density at radius 2 is 1.52 bits per heavy atom. The average molecular weight is 483 g/mol. The minimum absolute atomic E-state index is 0.116. The monoisotopic (exact) mass is 482 g/mol. The van der Waals surface area contributed by atoms with Crippen LogP contribution in [0.5, 0.6) is 0 Å². The highest BCUT2D eigenvalue weighted by atomic mass is 79.9. The van der Waals surface area contributed by atoms with Gasteiger partial charge in [0.05, 0.1) is 6.61 Å². The Morgan fingerprint density at radius 1 is 0.931 bits per heavy atom. The van der Waals surface area contributed by atoms with E-state index in [2.05, 4.69) is 15.9 Å². The van der Waals surface area contributed by atoms with Gasteiger partial charge in [0, 0.05) is 23.6 Å².